The van der Waals surface area contributed by atoms with Gasteiger partial charge in [-0.2, -0.15) is 0 Å². The molecule has 0 atom stereocenters. The molecule has 0 bridgehead atoms. The molecule has 0 radical (unpaired) electrons. The second kappa shape index (κ2) is 4.61. The van der Waals surface area contributed by atoms with Gasteiger partial charge in [-0.3, -0.25) is 0 Å². The van der Waals surface area contributed by atoms with Crippen LogP contribution in [0, 0.1) is 0 Å². The molecule has 0 spiro atoms. The number of aromatic nitrogens is 3. The fourth-order valence-corrected chi connectivity index (χ4v) is 3.55. The Morgan fingerprint density at radius 3 is 2.54 bits per heavy atom. The zero-order chi connectivity index (χ0) is 16.3. The fourth-order valence-electron chi connectivity index (χ4n) is 3.55. The zero-order valence-electron chi connectivity index (χ0n) is 13.2. The highest BCUT2D eigenvalue weighted by Crippen LogP contribution is 2.29. The molecule has 0 aliphatic carbocycles. The first kappa shape index (κ1) is 13.2. The predicted molar refractivity (Wildman–Crippen MR) is 94.6 cm³/mol. The number of hydrogen-bond donors (Lipinski definition) is 1. The normalized spacial score (nSPS) is 11.7. The highest BCUT2D eigenvalue weighted by molar-refractivity contribution is 6.11. The first-order chi connectivity index (χ1) is 11.7. The second-order valence-corrected chi connectivity index (χ2v) is 6.11. The molecule has 4 nitrogen and oxygen atoms in total. The summed E-state index contributed by atoms with van der Waals surface area (Å²) in [5.41, 5.74) is 4.62. The number of imidazole rings is 1. The summed E-state index contributed by atoms with van der Waals surface area (Å²) in [4.78, 5) is 0. The first-order valence-electron chi connectivity index (χ1n) is 7.91. The minimum absolute atomic E-state index is 0.277. The van der Waals surface area contributed by atoms with Gasteiger partial charge in [-0.05, 0) is 36.4 Å². The molecule has 3 aromatic heterocycles. The van der Waals surface area contributed by atoms with E-state index in [1.807, 2.05) is 12.1 Å². The molecule has 0 aliphatic rings. The van der Waals surface area contributed by atoms with E-state index in [0.29, 0.717) is 0 Å². The Hall–Kier alpha value is -3.27. The van der Waals surface area contributed by atoms with Crippen molar-refractivity contribution >= 4 is 27.3 Å². The van der Waals surface area contributed by atoms with Gasteiger partial charge >= 0.3 is 0 Å². The number of hydrogen-bond acceptors (Lipinski definition) is 1. The summed E-state index contributed by atoms with van der Waals surface area (Å²) in [7, 11) is 2.11. The van der Waals surface area contributed by atoms with Crippen LogP contribution in [-0.4, -0.2) is 14.2 Å². The maximum absolute atomic E-state index is 9.48. The average Bonchev–Trinajstić information content (AvgIpc) is 3.16. The minimum Gasteiger partial charge on any atom is -0.508 e. The summed E-state index contributed by atoms with van der Waals surface area (Å²) >= 11 is 0. The van der Waals surface area contributed by atoms with E-state index in [1.165, 1.54) is 21.8 Å². The van der Waals surface area contributed by atoms with Gasteiger partial charge < -0.3 is 9.67 Å². The van der Waals surface area contributed by atoms with Gasteiger partial charge in [-0.15, -0.1) is 0 Å². The van der Waals surface area contributed by atoms with Crippen LogP contribution in [-0.2, 0) is 7.05 Å². The van der Waals surface area contributed by atoms with Gasteiger partial charge in [-0.25, -0.2) is 8.97 Å². The van der Waals surface area contributed by atoms with E-state index >= 15 is 0 Å². The molecule has 0 saturated heterocycles. The Morgan fingerprint density at radius 2 is 1.71 bits per heavy atom. The Morgan fingerprint density at radius 1 is 0.917 bits per heavy atom. The van der Waals surface area contributed by atoms with Crippen molar-refractivity contribution in [1.82, 2.24) is 9.13 Å². The number of phenols is 1. The summed E-state index contributed by atoms with van der Waals surface area (Å²) in [6, 6.07) is 17.9. The zero-order valence-corrected chi connectivity index (χ0v) is 13.2. The van der Waals surface area contributed by atoms with Crippen molar-refractivity contribution in [3.05, 3.63) is 73.3 Å². The predicted octanol–water partition coefficient (Wildman–Crippen LogP) is 3.57. The minimum atomic E-state index is 0.277. The molecular weight excluding hydrogens is 298 g/mol. The van der Waals surface area contributed by atoms with Gasteiger partial charge in [0.1, 0.15) is 23.2 Å². The van der Waals surface area contributed by atoms with Crippen LogP contribution in [0.3, 0.4) is 0 Å². The molecule has 24 heavy (non-hydrogen) atoms. The van der Waals surface area contributed by atoms with E-state index in [1.54, 1.807) is 12.1 Å². The number of fused-ring (bicyclic) bond motifs is 5. The molecule has 116 valence electrons. The van der Waals surface area contributed by atoms with Crippen LogP contribution in [0.15, 0.2) is 73.3 Å². The van der Waals surface area contributed by atoms with Crippen molar-refractivity contribution in [2.75, 3.05) is 0 Å². The molecule has 5 aromatic rings. The Bertz CT molecular complexity index is 1210. The number of pyridine rings is 1. The average molecular weight is 314 g/mol. The van der Waals surface area contributed by atoms with Crippen LogP contribution >= 0.6 is 0 Å². The Balaban J connectivity index is 1.86. The highest BCUT2D eigenvalue weighted by Gasteiger charge is 2.17. The first-order valence-corrected chi connectivity index (χ1v) is 7.91. The van der Waals surface area contributed by atoms with Crippen LogP contribution < -0.4 is 4.40 Å². The molecule has 1 N–H and O–H groups in total. The molecule has 0 saturated carbocycles. The smallest absolute Gasteiger partial charge is 0.254 e. The van der Waals surface area contributed by atoms with Crippen molar-refractivity contribution in [2.24, 2.45) is 7.05 Å². The lowest BCUT2D eigenvalue weighted by Crippen LogP contribution is -2.18. The highest BCUT2D eigenvalue weighted by atomic mass is 16.3. The third kappa shape index (κ3) is 1.71. The van der Waals surface area contributed by atoms with E-state index in [9.17, 15) is 5.11 Å². The van der Waals surface area contributed by atoms with Crippen molar-refractivity contribution < 1.29 is 9.51 Å². The van der Waals surface area contributed by atoms with Crippen LogP contribution in [0.1, 0.15) is 0 Å². The molecule has 0 amide bonds. The maximum atomic E-state index is 9.48. The van der Waals surface area contributed by atoms with Crippen molar-refractivity contribution in [2.45, 2.75) is 0 Å². The van der Waals surface area contributed by atoms with Crippen molar-refractivity contribution in [3.63, 3.8) is 0 Å². The van der Waals surface area contributed by atoms with Gasteiger partial charge in [0.2, 0.25) is 0 Å². The molecule has 0 fully saturated rings. The van der Waals surface area contributed by atoms with Crippen molar-refractivity contribution in [3.8, 4) is 11.4 Å². The van der Waals surface area contributed by atoms with E-state index in [2.05, 4.69) is 69.6 Å². The van der Waals surface area contributed by atoms with Crippen LogP contribution in [0.5, 0.6) is 5.75 Å². The molecular formula is C20H16N3O+. The molecule has 3 heterocycles. The number of benzene rings is 2. The summed E-state index contributed by atoms with van der Waals surface area (Å²) in [6.07, 6.45) is 6.29. The van der Waals surface area contributed by atoms with Gasteiger partial charge in [-0.1, -0.05) is 18.2 Å². The van der Waals surface area contributed by atoms with Crippen LogP contribution in [0.2, 0.25) is 0 Å². The molecule has 2 aromatic carbocycles. The number of nitrogens with zero attached hydrogens (tertiary/aromatic N) is 3. The SMILES string of the molecule is Cn1c2ccccc2c2cc[n+]3cn(-c4ccc(O)cc4)cc3c21. The summed E-state index contributed by atoms with van der Waals surface area (Å²) in [5.74, 6) is 0.277. The molecule has 4 heteroatoms. The van der Waals surface area contributed by atoms with Gasteiger partial charge in [0.15, 0.2) is 5.52 Å². The summed E-state index contributed by atoms with van der Waals surface area (Å²) in [5, 5.41) is 12.0. The molecule has 5 rings (SSSR count). The maximum Gasteiger partial charge on any atom is 0.254 e. The quantitative estimate of drug-likeness (QED) is 0.472. The largest absolute Gasteiger partial charge is 0.508 e. The molecule has 0 unspecified atom stereocenters. The number of para-hydroxylation sites is 1. The lowest BCUT2D eigenvalue weighted by atomic mass is 10.2. The van der Waals surface area contributed by atoms with E-state index in [-0.39, 0.29) is 5.75 Å². The van der Waals surface area contributed by atoms with E-state index < -0.39 is 0 Å². The lowest BCUT2D eigenvalue weighted by molar-refractivity contribution is -0.510. The third-order valence-corrected chi connectivity index (χ3v) is 4.73. The summed E-state index contributed by atoms with van der Waals surface area (Å²) in [6.45, 7) is 0. The van der Waals surface area contributed by atoms with Crippen LogP contribution in [0.25, 0.3) is 33.0 Å². The monoisotopic (exact) mass is 314 g/mol. The number of rotatable bonds is 1. The number of aryl methyl sites for hydroxylation is 1. The number of phenolic OH excluding ortho intramolecular Hbond substituents is 1. The van der Waals surface area contributed by atoms with Gasteiger partial charge in [0.05, 0.1) is 6.20 Å². The summed E-state index contributed by atoms with van der Waals surface area (Å²) < 4.78 is 6.46. The van der Waals surface area contributed by atoms with E-state index in [4.69, 9.17) is 0 Å². The van der Waals surface area contributed by atoms with Gasteiger partial charge in [0.25, 0.3) is 6.33 Å². The molecule has 0 aliphatic heterocycles. The standard InChI is InChI=1S/C20H15N3O/c1-21-18-5-3-2-4-16(18)17-10-11-22-13-23(12-19(22)20(17)21)14-6-8-15(24)9-7-14/h2-13H,1H3/p+1. The third-order valence-electron chi connectivity index (χ3n) is 4.73. The van der Waals surface area contributed by atoms with Crippen molar-refractivity contribution in [1.29, 1.82) is 0 Å². The Kier molecular flexibility index (Phi) is 2.54. The number of aromatic hydroxyl groups is 1. The lowest BCUT2D eigenvalue weighted by Gasteiger charge is -1.96. The Labute approximate surface area is 138 Å². The van der Waals surface area contributed by atoms with Gasteiger partial charge in [0, 0.05) is 23.3 Å². The van der Waals surface area contributed by atoms with Crippen LogP contribution in [0.4, 0.5) is 0 Å². The topological polar surface area (TPSA) is 34.2 Å². The fraction of sp³-hybridized carbons (Fsp3) is 0.0500. The van der Waals surface area contributed by atoms with E-state index in [0.717, 1.165) is 11.2 Å². The second-order valence-electron chi connectivity index (χ2n) is 6.11.